The van der Waals surface area contributed by atoms with E-state index in [0.717, 1.165) is 51.6 Å². The largest absolute Gasteiger partial charge is 0.300 e. The Kier molecular flexibility index (Phi) is 6.82. The summed E-state index contributed by atoms with van der Waals surface area (Å²) < 4.78 is 0. The Bertz CT molecular complexity index is 839. The number of rotatable bonds is 11. The molecule has 162 valence electrons. The average Bonchev–Trinajstić information content (AvgIpc) is 3.69. The molecule has 2 aromatic carbocycles. The molecule has 30 heavy (non-hydrogen) atoms. The van der Waals surface area contributed by atoms with Crippen molar-refractivity contribution in [3.63, 3.8) is 0 Å². The van der Waals surface area contributed by atoms with Crippen molar-refractivity contribution < 1.29 is 0 Å². The van der Waals surface area contributed by atoms with E-state index in [1.54, 1.807) is 0 Å². The summed E-state index contributed by atoms with van der Waals surface area (Å²) in [6.45, 7) is 6.96. The molecule has 0 N–H and O–H groups in total. The molecule has 2 aromatic rings. The zero-order chi connectivity index (χ0) is 21.2. The Balaban J connectivity index is 1.39. The molecule has 0 aromatic heterocycles. The van der Waals surface area contributed by atoms with E-state index in [0.29, 0.717) is 6.04 Å². The topological polar surface area (TPSA) is 3.24 Å². The molecular weight excluding hydrogens is 409 g/mol. The number of alkyl halides is 2. The van der Waals surface area contributed by atoms with Crippen LogP contribution < -0.4 is 0 Å². The second-order valence-electron chi connectivity index (χ2n) is 9.47. The molecule has 0 amide bonds. The van der Waals surface area contributed by atoms with E-state index in [4.69, 9.17) is 23.2 Å². The molecule has 1 atom stereocenters. The Labute approximate surface area is 192 Å². The summed E-state index contributed by atoms with van der Waals surface area (Å²) in [6, 6.07) is 18.4. The SMILES string of the molecule is CCCN(CCc1ccccc1)C(C)CCc1ccc(C2(Cl)CC2)c(C2(Cl)CC2)c1. The van der Waals surface area contributed by atoms with E-state index in [2.05, 4.69) is 67.3 Å². The minimum atomic E-state index is -0.147. The summed E-state index contributed by atoms with van der Waals surface area (Å²) in [4.78, 5) is 2.37. The summed E-state index contributed by atoms with van der Waals surface area (Å²) in [5.74, 6) is 0. The van der Waals surface area contributed by atoms with Gasteiger partial charge in [-0.2, -0.15) is 0 Å². The van der Waals surface area contributed by atoms with Gasteiger partial charge in [-0.25, -0.2) is 0 Å². The molecule has 0 heterocycles. The molecule has 2 saturated carbocycles. The molecule has 1 unspecified atom stereocenters. The minimum Gasteiger partial charge on any atom is -0.300 e. The maximum Gasteiger partial charge on any atom is 0.0699 e. The number of aryl methyl sites for hydroxylation is 1. The van der Waals surface area contributed by atoms with Gasteiger partial charge < -0.3 is 4.90 Å². The van der Waals surface area contributed by atoms with Crippen LogP contribution >= 0.6 is 23.2 Å². The van der Waals surface area contributed by atoms with Crippen LogP contribution in [0.3, 0.4) is 0 Å². The molecule has 0 saturated heterocycles. The fourth-order valence-electron chi connectivity index (χ4n) is 4.58. The quantitative estimate of drug-likeness (QED) is 0.326. The van der Waals surface area contributed by atoms with Crippen molar-refractivity contribution in [1.29, 1.82) is 0 Å². The van der Waals surface area contributed by atoms with Gasteiger partial charge in [0.1, 0.15) is 0 Å². The molecule has 4 rings (SSSR count). The van der Waals surface area contributed by atoms with Gasteiger partial charge in [-0.3, -0.25) is 0 Å². The molecule has 2 aliphatic rings. The van der Waals surface area contributed by atoms with Crippen LogP contribution in [-0.2, 0) is 22.6 Å². The van der Waals surface area contributed by atoms with Crippen molar-refractivity contribution in [1.82, 2.24) is 4.90 Å². The number of benzene rings is 2. The molecule has 0 aliphatic heterocycles. The van der Waals surface area contributed by atoms with Gasteiger partial charge in [0, 0.05) is 12.6 Å². The number of nitrogens with zero attached hydrogens (tertiary/aromatic N) is 1. The lowest BCUT2D eigenvalue weighted by Crippen LogP contribution is -2.35. The van der Waals surface area contributed by atoms with E-state index in [1.165, 1.54) is 35.1 Å². The van der Waals surface area contributed by atoms with E-state index < -0.39 is 0 Å². The minimum absolute atomic E-state index is 0.138. The van der Waals surface area contributed by atoms with Crippen molar-refractivity contribution in [2.24, 2.45) is 0 Å². The highest BCUT2D eigenvalue weighted by Crippen LogP contribution is 2.60. The molecule has 0 radical (unpaired) electrons. The second kappa shape index (κ2) is 9.23. The van der Waals surface area contributed by atoms with Gasteiger partial charge >= 0.3 is 0 Å². The van der Waals surface area contributed by atoms with E-state index in [1.807, 2.05) is 0 Å². The number of hydrogen-bond acceptors (Lipinski definition) is 1. The van der Waals surface area contributed by atoms with Gasteiger partial charge in [0.15, 0.2) is 0 Å². The van der Waals surface area contributed by atoms with Gasteiger partial charge in [-0.15, -0.1) is 23.2 Å². The zero-order valence-corrected chi connectivity index (χ0v) is 20.0. The predicted octanol–water partition coefficient (Wildman–Crippen LogP) is 7.42. The highest BCUT2D eigenvalue weighted by Gasteiger charge is 2.50. The van der Waals surface area contributed by atoms with Gasteiger partial charge in [-0.1, -0.05) is 55.5 Å². The Morgan fingerprint density at radius 3 is 2.13 bits per heavy atom. The number of hydrogen-bond donors (Lipinski definition) is 0. The van der Waals surface area contributed by atoms with Crippen LogP contribution in [0.1, 0.15) is 74.6 Å². The third-order valence-corrected chi connectivity index (χ3v) is 8.11. The van der Waals surface area contributed by atoms with E-state index >= 15 is 0 Å². The summed E-state index contributed by atoms with van der Waals surface area (Å²) in [5.41, 5.74) is 5.45. The summed E-state index contributed by atoms with van der Waals surface area (Å²) in [5, 5.41) is 0. The predicted molar refractivity (Wildman–Crippen MR) is 130 cm³/mol. The van der Waals surface area contributed by atoms with E-state index in [-0.39, 0.29) is 9.75 Å². The first-order chi connectivity index (χ1) is 14.4. The van der Waals surface area contributed by atoms with Crippen LogP contribution in [0.5, 0.6) is 0 Å². The van der Waals surface area contributed by atoms with Crippen molar-refractivity contribution >= 4 is 23.2 Å². The van der Waals surface area contributed by atoms with Crippen LogP contribution in [0.2, 0.25) is 0 Å². The van der Waals surface area contributed by atoms with Crippen molar-refractivity contribution in [3.05, 3.63) is 70.8 Å². The maximum atomic E-state index is 6.87. The van der Waals surface area contributed by atoms with Crippen molar-refractivity contribution in [2.75, 3.05) is 13.1 Å². The fourth-order valence-corrected chi connectivity index (χ4v) is 5.09. The lowest BCUT2D eigenvalue weighted by atomic mass is 9.94. The van der Waals surface area contributed by atoms with E-state index in [9.17, 15) is 0 Å². The zero-order valence-electron chi connectivity index (χ0n) is 18.5. The van der Waals surface area contributed by atoms with Gasteiger partial charge in [0.05, 0.1) is 9.75 Å². The smallest absolute Gasteiger partial charge is 0.0699 e. The lowest BCUT2D eigenvalue weighted by Gasteiger charge is -2.29. The fraction of sp³-hybridized carbons (Fsp3) is 0.556. The first-order valence-corrected chi connectivity index (χ1v) is 12.5. The monoisotopic (exact) mass is 443 g/mol. The second-order valence-corrected chi connectivity index (χ2v) is 10.9. The van der Waals surface area contributed by atoms with Gasteiger partial charge in [-0.05, 0) is 87.1 Å². The molecular formula is C27H35Cl2N. The summed E-state index contributed by atoms with van der Waals surface area (Å²) in [7, 11) is 0. The van der Waals surface area contributed by atoms with Crippen molar-refractivity contribution in [3.8, 4) is 0 Å². The van der Waals surface area contributed by atoms with Gasteiger partial charge in [0.2, 0.25) is 0 Å². The standard InChI is InChI=1S/C27H35Cl2N/c1-3-18-30(19-13-22-7-5-4-6-8-22)21(2)9-10-23-11-12-24(26(28)14-15-26)25(20-23)27(29)16-17-27/h4-8,11-12,20-21H,3,9-10,13-19H2,1-2H3. The Morgan fingerprint density at radius 2 is 1.50 bits per heavy atom. The van der Waals surface area contributed by atoms with Crippen LogP contribution in [0.15, 0.2) is 48.5 Å². The third kappa shape index (κ3) is 5.23. The molecule has 2 fully saturated rings. The Hall–Kier alpha value is -1.02. The van der Waals surface area contributed by atoms with Crippen molar-refractivity contribution in [2.45, 2.75) is 81.0 Å². The molecule has 0 spiro atoms. The Morgan fingerprint density at radius 1 is 0.833 bits per heavy atom. The molecule has 2 aliphatic carbocycles. The van der Waals surface area contributed by atoms with Crippen LogP contribution in [0.25, 0.3) is 0 Å². The third-order valence-electron chi connectivity index (χ3n) is 6.94. The lowest BCUT2D eigenvalue weighted by molar-refractivity contribution is 0.202. The average molecular weight is 444 g/mol. The normalized spacial score (nSPS) is 19.6. The van der Waals surface area contributed by atoms with Gasteiger partial charge in [0.25, 0.3) is 0 Å². The highest BCUT2D eigenvalue weighted by molar-refractivity contribution is 6.28. The highest BCUT2D eigenvalue weighted by atomic mass is 35.5. The first kappa shape index (κ1) is 22.2. The summed E-state index contributed by atoms with van der Waals surface area (Å²) in [6.07, 6.45) is 8.92. The van der Waals surface area contributed by atoms with Crippen LogP contribution in [-0.4, -0.2) is 24.0 Å². The first-order valence-electron chi connectivity index (χ1n) is 11.7. The van der Waals surface area contributed by atoms with Crippen LogP contribution in [0.4, 0.5) is 0 Å². The molecule has 0 bridgehead atoms. The van der Waals surface area contributed by atoms with Crippen LogP contribution in [0, 0.1) is 0 Å². The summed E-state index contributed by atoms with van der Waals surface area (Å²) >= 11 is 13.7. The maximum absolute atomic E-state index is 6.87. The number of halogens is 2. The molecule has 1 nitrogen and oxygen atoms in total. The molecule has 3 heteroatoms.